The maximum atomic E-state index is 12.6. The fourth-order valence-electron chi connectivity index (χ4n) is 7.09. The Hall–Kier alpha value is -3.12. The van der Waals surface area contributed by atoms with E-state index in [2.05, 4.69) is 46.6 Å². The molecule has 2 unspecified atom stereocenters. The molecule has 3 aromatic carbocycles. The summed E-state index contributed by atoms with van der Waals surface area (Å²) in [5, 5.41) is 22.6. The lowest BCUT2D eigenvalue weighted by atomic mass is 9.92. The Labute approximate surface area is 309 Å². The quantitative estimate of drug-likeness (QED) is 0.0426. The first kappa shape index (κ1) is 42.3. The first-order valence-corrected chi connectivity index (χ1v) is 25.7. The third kappa shape index (κ3) is 15.2. The second kappa shape index (κ2) is 20.8. The number of unbranched alkanes of at least 4 members (excludes halogenated alkanes) is 6. The molecule has 0 aliphatic carbocycles. The molecule has 3 atom stereocenters. The van der Waals surface area contributed by atoms with Gasteiger partial charge in [0.1, 0.15) is 6.10 Å². The third-order valence-electron chi connectivity index (χ3n) is 9.52. The Balaban J connectivity index is 1.72. The molecule has 3 rings (SSSR count). The van der Waals surface area contributed by atoms with Crippen molar-refractivity contribution >= 4 is 22.6 Å². The highest BCUT2D eigenvalue weighted by atomic mass is 28.4. The zero-order valence-electron chi connectivity index (χ0n) is 32.3. The van der Waals surface area contributed by atoms with Crippen LogP contribution in [0.3, 0.4) is 0 Å². The van der Waals surface area contributed by atoms with E-state index in [1.165, 1.54) is 19.3 Å². The highest BCUT2D eigenvalue weighted by Crippen LogP contribution is 2.30. The Morgan fingerprint density at radius 1 is 0.784 bits per heavy atom. The molecule has 0 heterocycles. The number of aryl methyl sites for hydroxylation is 1. The average Bonchev–Trinajstić information content (AvgIpc) is 3.07. The molecule has 0 saturated heterocycles. The molecule has 9 heteroatoms. The third-order valence-corrected chi connectivity index (χ3v) is 15.7. The van der Waals surface area contributed by atoms with Crippen molar-refractivity contribution in [3.8, 4) is 22.3 Å². The van der Waals surface area contributed by atoms with E-state index in [1.54, 1.807) is 12.1 Å². The maximum absolute atomic E-state index is 12.6. The predicted octanol–water partition coefficient (Wildman–Crippen LogP) is 12.0. The summed E-state index contributed by atoms with van der Waals surface area (Å²) in [5.41, 5.74) is 4.66. The van der Waals surface area contributed by atoms with Crippen LogP contribution < -0.4 is 0 Å². The number of carboxylic acids is 1. The van der Waals surface area contributed by atoms with Crippen molar-refractivity contribution in [2.24, 2.45) is 0 Å². The molecule has 0 amide bonds. The molecular weight excluding hydrogens is 671 g/mol. The minimum atomic E-state index is -1.70. The van der Waals surface area contributed by atoms with Crippen LogP contribution in [0.4, 0.5) is 0 Å². The molecule has 0 radical (unpaired) electrons. The molecule has 0 saturated carbocycles. The van der Waals surface area contributed by atoms with Gasteiger partial charge in [0, 0.05) is 11.3 Å². The van der Waals surface area contributed by atoms with Crippen LogP contribution in [0.25, 0.3) is 22.3 Å². The van der Waals surface area contributed by atoms with Crippen molar-refractivity contribution in [2.45, 2.75) is 148 Å². The van der Waals surface area contributed by atoms with E-state index in [-0.39, 0.29) is 16.6 Å². The predicted molar refractivity (Wildman–Crippen MR) is 216 cm³/mol. The maximum Gasteiger partial charge on any atom is 0.336 e. The molecule has 3 aromatic rings. The number of carbonyl (C=O) groups is 1. The zero-order chi connectivity index (χ0) is 37.4. The van der Waals surface area contributed by atoms with Crippen LogP contribution in [0.15, 0.2) is 72.8 Å². The number of hydrogen-bond donors (Lipinski definition) is 1. The molecular formula is C42H63NO6Si2. The van der Waals surface area contributed by atoms with Gasteiger partial charge in [0.25, 0.3) is 0 Å². The zero-order valence-corrected chi connectivity index (χ0v) is 34.3. The highest BCUT2D eigenvalue weighted by Gasteiger charge is 2.33. The summed E-state index contributed by atoms with van der Waals surface area (Å²) in [4.78, 5) is 24.7. The van der Waals surface area contributed by atoms with E-state index in [4.69, 9.17) is 8.85 Å². The first-order valence-electron chi connectivity index (χ1n) is 19.2. The van der Waals surface area contributed by atoms with Crippen LogP contribution in [0, 0.1) is 10.1 Å². The molecule has 0 aliphatic rings. The topological polar surface area (TPSA) is 98.9 Å². The first-order chi connectivity index (χ1) is 24.2. The molecule has 7 nitrogen and oxygen atoms in total. The molecule has 0 aliphatic heterocycles. The number of nitro groups is 1. The monoisotopic (exact) mass is 733 g/mol. The second-order valence-corrected chi connectivity index (χ2v) is 24.8. The SMILES string of the molecule is CCCCCCCCC(O[C@@H](C)CCCC[Si](C)(C)O[Si](C)(C)C)C(CCc1ccc(C(=O)O)c(-c2ccc(-c3ccccc3)cc2)c1)[N+](=O)[O-]. The Morgan fingerprint density at radius 3 is 2.02 bits per heavy atom. The summed E-state index contributed by atoms with van der Waals surface area (Å²) in [5.74, 6) is -0.997. The van der Waals surface area contributed by atoms with Gasteiger partial charge in [-0.1, -0.05) is 125 Å². The van der Waals surface area contributed by atoms with Crippen LogP contribution in [0.5, 0.6) is 0 Å². The molecule has 0 aromatic heterocycles. The van der Waals surface area contributed by atoms with E-state index in [9.17, 15) is 20.0 Å². The Morgan fingerprint density at radius 2 is 1.39 bits per heavy atom. The van der Waals surface area contributed by atoms with E-state index >= 15 is 0 Å². The molecule has 280 valence electrons. The number of hydrogen-bond acceptors (Lipinski definition) is 5. The molecule has 51 heavy (non-hydrogen) atoms. The van der Waals surface area contributed by atoms with Crippen molar-refractivity contribution in [1.82, 2.24) is 0 Å². The van der Waals surface area contributed by atoms with Gasteiger partial charge in [-0.2, -0.15) is 0 Å². The van der Waals surface area contributed by atoms with Crippen LogP contribution in [-0.4, -0.2) is 50.9 Å². The number of nitrogens with zero attached hydrogens (tertiary/aromatic N) is 1. The van der Waals surface area contributed by atoms with Gasteiger partial charge in [-0.3, -0.25) is 10.1 Å². The van der Waals surface area contributed by atoms with Gasteiger partial charge in [-0.05, 0) is 98.8 Å². The fourth-order valence-corrected chi connectivity index (χ4v) is 15.2. The van der Waals surface area contributed by atoms with Gasteiger partial charge < -0.3 is 14.0 Å². The summed E-state index contributed by atoms with van der Waals surface area (Å²) in [6.45, 7) is 15.6. The number of rotatable bonds is 24. The van der Waals surface area contributed by atoms with Crippen molar-refractivity contribution in [1.29, 1.82) is 0 Å². The summed E-state index contributed by atoms with van der Waals surface area (Å²) in [6.07, 6.45) is 10.6. The standard InChI is InChI=1S/C42H63NO6Si2/c1-8-9-10-11-12-16-22-41(48-33(2)19-17-18-31-51(6,7)49-50(3,4)5)40(43(46)47)30-24-34-23-29-38(42(44)45)39(32-34)37-27-25-36(26-28-37)35-20-14-13-15-21-35/h13-15,20-21,23,25-29,32-33,40-41H,8-12,16-19,22,24,30-31H2,1-7H3,(H,44,45)/t33-,40?,41?/m0/s1. The minimum Gasteiger partial charge on any atom is -0.478 e. The number of carboxylic acid groups (broad SMARTS) is 1. The van der Waals surface area contributed by atoms with E-state index in [0.717, 1.165) is 66.8 Å². The van der Waals surface area contributed by atoms with Crippen molar-refractivity contribution in [3.63, 3.8) is 0 Å². The van der Waals surface area contributed by atoms with Crippen molar-refractivity contribution < 1.29 is 23.7 Å². The summed E-state index contributed by atoms with van der Waals surface area (Å²) < 4.78 is 13.1. The van der Waals surface area contributed by atoms with Crippen LogP contribution >= 0.6 is 0 Å². The Bertz CT molecular complexity index is 1490. The van der Waals surface area contributed by atoms with Gasteiger partial charge in [-0.15, -0.1) is 0 Å². The lowest BCUT2D eigenvalue weighted by molar-refractivity contribution is -0.537. The number of ether oxygens (including phenoxy) is 1. The van der Waals surface area contributed by atoms with E-state index in [0.29, 0.717) is 24.8 Å². The lowest BCUT2D eigenvalue weighted by Crippen LogP contribution is -2.42. The van der Waals surface area contributed by atoms with Gasteiger partial charge in [0.2, 0.25) is 6.04 Å². The number of aromatic carboxylic acids is 1. The van der Waals surface area contributed by atoms with Gasteiger partial charge in [0.05, 0.1) is 11.7 Å². The summed E-state index contributed by atoms with van der Waals surface area (Å²) >= 11 is 0. The highest BCUT2D eigenvalue weighted by molar-refractivity contribution is 6.84. The van der Waals surface area contributed by atoms with E-state index in [1.807, 2.05) is 60.7 Å². The van der Waals surface area contributed by atoms with Gasteiger partial charge in [-0.25, -0.2) is 4.79 Å². The van der Waals surface area contributed by atoms with Crippen molar-refractivity contribution in [3.05, 3.63) is 94.0 Å². The summed E-state index contributed by atoms with van der Waals surface area (Å²) in [7, 11) is -3.28. The molecule has 0 spiro atoms. The van der Waals surface area contributed by atoms with E-state index < -0.39 is 34.7 Å². The molecule has 0 fully saturated rings. The smallest absolute Gasteiger partial charge is 0.336 e. The van der Waals surface area contributed by atoms with Crippen molar-refractivity contribution in [2.75, 3.05) is 0 Å². The summed E-state index contributed by atoms with van der Waals surface area (Å²) in [6, 6.07) is 23.5. The Kier molecular flexibility index (Phi) is 17.3. The molecule has 1 N–H and O–H groups in total. The second-order valence-electron chi connectivity index (χ2n) is 15.8. The number of benzene rings is 3. The van der Waals surface area contributed by atoms with Gasteiger partial charge in [0.15, 0.2) is 16.6 Å². The van der Waals surface area contributed by atoms with Gasteiger partial charge >= 0.3 is 5.97 Å². The van der Waals surface area contributed by atoms with Crippen LogP contribution in [0.2, 0.25) is 38.8 Å². The average molecular weight is 734 g/mol. The largest absolute Gasteiger partial charge is 0.478 e. The molecule has 0 bridgehead atoms. The normalized spacial score (nSPS) is 13.9. The fraction of sp³-hybridized carbons (Fsp3) is 0.548. The lowest BCUT2D eigenvalue weighted by Gasteiger charge is -2.31. The van der Waals surface area contributed by atoms with Crippen LogP contribution in [-0.2, 0) is 15.3 Å². The minimum absolute atomic E-state index is 0.0689. The van der Waals surface area contributed by atoms with Crippen LogP contribution in [0.1, 0.15) is 100 Å².